The molecule has 0 spiro atoms. The summed E-state index contributed by atoms with van der Waals surface area (Å²) >= 11 is 0. The molecule has 20 heavy (non-hydrogen) atoms. The first-order valence-corrected chi connectivity index (χ1v) is 2.27. The van der Waals surface area contributed by atoms with Gasteiger partial charge in [0.2, 0.25) is 0 Å². The Morgan fingerprint density at radius 3 is 0.750 bits per heavy atom. The van der Waals surface area contributed by atoms with Crippen molar-refractivity contribution in [3.05, 3.63) is 20.1 Å². The normalized spacial score (nSPS) is 2.75. The molecule has 0 saturated heterocycles. The van der Waals surface area contributed by atoms with Gasteiger partial charge in [-0.2, -0.15) is 6.42 Å². The maximum absolute atomic E-state index is 3.48. The Balaban J connectivity index is -0.00000000137. The molecule has 0 aliphatic carbocycles. The molecule has 0 saturated carbocycles. The van der Waals surface area contributed by atoms with Crippen LogP contribution in [0.5, 0.6) is 0 Å². The van der Waals surface area contributed by atoms with Crippen LogP contribution in [0.2, 0.25) is 0 Å². The summed E-state index contributed by atoms with van der Waals surface area (Å²) in [5.74, 6) is 0.725. The third kappa shape index (κ3) is 106. The van der Waals surface area contributed by atoms with Crippen LogP contribution in [-0.4, -0.2) is 0 Å². The Morgan fingerprint density at radius 2 is 0.750 bits per heavy atom. The first-order valence-electron chi connectivity index (χ1n) is 2.27. The summed E-state index contributed by atoms with van der Waals surface area (Å²) < 4.78 is 0. The van der Waals surface area contributed by atoms with Gasteiger partial charge in [0.25, 0.3) is 0 Å². The summed E-state index contributed by atoms with van der Waals surface area (Å²) in [4.78, 5) is 0. The molecule has 0 nitrogen and oxygen atoms in total. The van der Waals surface area contributed by atoms with Gasteiger partial charge >= 0.3 is 0 Å². The molecule has 0 unspecified atom stereocenters. The van der Waals surface area contributed by atoms with Crippen molar-refractivity contribution in [2.45, 2.75) is 20.3 Å². The van der Waals surface area contributed by atoms with Gasteiger partial charge < -0.3 is 13.5 Å². The molecule has 0 aliphatic rings. The molecule has 0 amide bonds. The molecule has 13 heteroatoms. The molecular weight excluding hydrogens is 1240 g/mol. The van der Waals surface area contributed by atoms with Gasteiger partial charge in [-0.25, -0.2) is 0 Å². The number of hydrogen-bond donors (Lipinski definition) is 0. The second kappa shape index (κ2) is 93.5. The van der Waals surface area contributed by atoms with Gasteiger partial charge in [-0.3, -0.25) is 6.58 Å². The van der Waals surface area contributed by atoms with E-state index in [2.05, 4.69) is 26.5 Å². The van der Waals surface area contributed by atoms with Crippen LogP contribution in [0.3, 0.4) is 0 Å². The zero-order chi connectivity index (χ0) is 4.99. The molecule has 0 rings (SSSR count). The molecule has 0 N–H and O–H groups in total. The SMILES string of the molecule is C=[C-]CC(C)C.[CH3-].[Y].[Y].[Y].[Y].[Y].[Y].[Y].[Y].[Y].[Y].[Y].[Y].[Y]. The first-order chi connectivity index (χ1) is 2.77. The van der Waals surface area contributed by atoms with E-state index < -0.39 is 0 Å². The summed E-state index contributed by atoms with van der Waals surface area (Å²) in [7, 11) is 0. The Labute approximate surface area is 455 Å². The van der Waals surface area contributed by atoms with Crippen LogP contribution in [0.1, 0.15) is 20.3 Å². The van der Waals surface area contributed by atoms with E-state index >= 15 is 0 Å². The van der Waals surface area contributed by atoms with Gasteiger partial charge in [0.15, 0.2) is 0 Å². The Kier molecular flexibility index (Phi) is 479. The van der Waals surface area contributed by atoms with E-state index in [1.54, 1.807) is 0 Å². The maximum atomic E-state index is 3.48. The van der Waals surface area contributed by atoms with Crippen LogP contribution in [0.4, 0.5) is 0 Å². The van der Waals surface area contributed by atoms with Crippen LogP contribution >= 0.6 is 0 Å². The topological polar surface area (TPSA) is 0 Å². The van der Waals surface area contributed by atoms with Crippen LogP contribution in [0, 0.1) is 19.4 Å². The smallest absolute Gasteiger partial charge is 0 e. The van der Waals surface area contributed by atoms with Crippen LogP contribution < -0.4 is 0 Å². The van der Waals surface area contributed by atoms with Crippen molar-refractivity contribution in [1.29, 1.82) is 0 Å². The number of hydrogen-bond acceptors (Lipinski definition) is 0. The summed E-state index contributed by atoms with van der Waals surface area (Å²) in [6, 6.07) is 0. The van der Waals surface area contributed by atoms with Crippen molar-refractivity contribution in [2.24, 2.45) is 5.92 Å². The average Bonchev–Trinajstić information content (AvgIpc) is 1.35. The minimum absolute atomic E-state index is 0. The second-order valence-corrected chi connectivity index (χ2v) is 1.85. The fourth-order valence-electron chi connectivity index (χ4n) is 0.289. The Bertz CT molecular complexity index is 54.0. The van der Waals surface area contributed by atoms with Crippen molar-refractivity contribution >= 4 is 0 Å². The summed E-state index contributed by atoms with van der Waals surface area (Å²) in [6.45, 7) is 7.78. The van der Waals surface area contributed by atoms with Crippen LogP contribution in [0.15, 0.2) is 6.58 Å². The van der Waals surface area contributed by atoms with Gasteiger partial charge in [0.05, 0.1) is 0 Å². The second-order valence-electron chi connectivity index (χ2n) is 1.85. The van der Waals surface area contributed by atoms with Crippen molar-refractivity contribution in [3.8, 4) is 0 Å². The summed E-state index contributed by atoms with van der Waals surface area (Å²) in [5.41, 5.74) is 0. The van der Waals surface area contributed by atoms with Crippen LogP contribution in [-0.2, 0) is 425 Å². The molecular formula is C7H14Y13-2. The third-order valence-corrected chi connectivity index (χ3v) is 0.553. The standard InChI is InChI=1S/C6H11.CH3.13Y/c1-4-5-6(2)3;;;;;;;;;;;;;;/h6H,1,5H2,2-3H3;1H3;;;;;;;;;;;;;/q2*-1;;;;;;;;;;;;;. The summed E-state index contributed by atoms with van der Waals surface area (Å²) in [6.07, 6.45) is 3.83. The molecule has 0 aliphatic heterocycles. The maximum Gasteiger partial charge on any atom is 0 e. The van der Waals surface area contributed by atoms with E-state index in [0.29, 0.717) is 0 Å². The third-order valence-electron chi connectivity index (χ3n) is 0.553. The summed E-state index contributed by atoms with van der Waals surface area (Å²) in [5, 5.41) is 0. The zero-order valence-corrected chi connectivity index (χ0v) is 49.9. The Morgan fingerprint density at radius 1 is 0.600 bits per heavy atom. The van der Waals surface area contributed by atoms with Gasteiger partial charge in [-0.1, -0.05) is 19.8 Å². The molecule has 0 aromatic rings. The molecule has 0 atom stereocenters. The zero-order valence-electron chi connectivity index (χ0n) is 13.0. The van der Waals surface area contributed by atoms with Crippen LogP contribution in [0.25, 0.3) is 0 Å². The first kappa shape index (κ1) is 102. The minimum Gasteiger partial charge on any atom is -0.504 e. The van der Waals surface area contributed by atoms with Gasteiger partial charge in [0.1, 0.15) is 0 Å². The molecule has 0 bridgehead atoms. The quantitative estimate of drug-likeness (QED) is 0.374. The molecule has 0 aromatic carbocycles. The fourth-order valence-corrected chi connectivity index (χ4v) is 0.289. The van der Waals surface area contributed by atoms with E-state index in [-0.39, 0.29) is 433 Å². The fraction of sp³-hybridized carbons (Fsp3) is 0.571. The largest absolute Gasteiger partial charge is 0.504 e. The number of allylic oxidation sites excluding steroid dienone is 1. The minimum atomic E-state index is 0. The van der Waals surface area contributed by atoms with Gasteiger partial charge in [-0.15, -0.1) is 0 Å². The van der Waals surface area contributed by atoms with E-state index in [9.17, 15) is 0 Å². The van der Waals surface area contributed by atoms with Crippen molar-refractivity contribution in [1.82, 2.24) is 0 Å². The van der Waals surface area contributed by atoms with E-state index in [1.807, 2.05) is 0 Å². The number of rotatable bonds is 2. The molecule has 83 valence electrons. The predicted octanol–water partition coefficient (Wildman–Crippen LogP) is 2.44. The monoisotopic (exact) mass is 1250 g/mol. The predicted molar refractivity (Wildman–Crippen MR) is 34.7 cm³/mol. The van der Waals surface area contributed by atoms with E-state index in [0.717, 1.165) is 12.3 Å². The molecule has 0 aromatic heterocycles. The van der Waals surface area contributed by atoms with E-state index in [4.69, 9.17) is 0 Å². The van der Waals surface area contributed by atoms with Gasteiger partial charge in [-0.05, 0) is 0 Å². The Hall–Kier alpha value is 14.1. The van der Waals surface area contributed by atoms with Crippen molar-refractivity contribution in [3.63, 3.8) is 0 Å². The molecule has 13 radical (unpaired) electrons. The molecule has 0 heterocycles. The molecule has 0 fully saturated rings. The van der Waals surface area contributed by atoms with Gasteiger partial charge in [0, 0.05) is 425 Å². The van der Waals surface area contributed by atoms with Crippen molar-refractivity contribution in [2.75, 3.05) is 0 Å². The van der Waals surface area contributed by atoms with E-state index in [1.165, 1.54) is 0 Å². The average molecular weight is 1250 g/mol. The van der Waals surface area contributed by atoms with Crippen molar-refractivity contribution < 1.29 is 425 Å².